The van der Waals surface area contributed by atoms with E-state index in [1.54, 1.807) is 6.07 Å². The van der Waals surface area contributed by atoms with Crippen LogP contribution in [0.5, 0.6) is 0 Å². The molecule has 0 bridgehead atoms. The molecular weight excluding hydrogens is 246 g/mol. The van der Waals surface area contributed by atoms with Gasteiger partial charge in [0.05, 0.1) is 15.7 Å². The predicted octanol–water partition coefficient (Wildman–Crippen LogP) is 2.89. The molecule has 2 rings (SSSR count). The van der Waals surface area contributed by atoms with E-state index in [0.717, 1.165) is 6.20 Å². The Labute approximate surface area is 81.1 Å². The van der Waals surface area contributed by atoms with Gasteiger partial charge in [-0.05, 0) is 22.0 Å². The summed E-state index contributed by atoms with van der Waals surface area (Å²) in [6.45, 7) is 0. The highest BCUT2D eigenvalue weighted by atomic mass is 79.9. The second-order valence-electron chi connectivity index (χ2n) is 2.28. The number of hydrogen-bond acceptors (Lipinski definition) is 1. The van der Waals surface area contributed by atoms with E-state index in [4.69, 9.17) is 11.6 Å². The molecule has 2 aromatic rings. The first-order valence-electron chi connectivity index (χ1n) is 3.16. The maximum atomic E-state index is 12.9. The Morgan fingerprint density at radius 2 is 2.33 bits per heavy atom. The second kappa shape index (κ2) is 2.71. The fourth-order valence-electron chi connectivity index (χ4n) is 0.986. The van der Waals surface area contributed by atoms with E-state index in [0.29, 0.717) is 15.1 Å². The van der Waals surface area contributed by atoms with Crippen LogP contribution in [-0.4, -0.2) is 9.38 Å². The summed E-state index contributed by atoms with van der Waals surface area (Å²) in [5.74, 6) is -0.423. The van der Waals surface area contributed by atoms with E-state index >= 15 is 0 Å². The van der Waals surface area contributed by atoms with Crippen LogP contribution in [0.3, 0.4) is 0 Å². The lowest BCUT2D eigenvalue weighted by atomic mass is 10.5. The van der Waals surface area contributed by atoms with Crippen LogP contribution in [-0.2, 0) is 0 Å². The zero-order chi connectivity index (χ0) is 8.72. The molecule has 2 heterocycles. The van der Waals surface area contributed by atoms with Crippen molar-refractivity contribution in [1.82, 2.24) is 9.38 Å². The Morgan fingerprint density at radius 3 is 3.08 bits per heavy atom. The third-order valence-electron chi connectivity index (χ3n) is 1.48. The summed E-state index contributed by atoms with van der Waals surface area (Å²) < 4.78 is 14.9. The van der Waals surface area contributed by atoms with Crippen LogP contribution < -0.4 is 0 Å². The van der Waals surface area contributed by atoms with Crippen LogP contribution in [0.15, 0.2) is 22.9 Å². The molecule has 0 spiro atoms. The molecule has 2 aromatic heterocycles. The lowest BCUT2D eigenvalue weighted by molar-refractivity contribution is 0.573. The minimum atomic E-state index is -0.423. The minimum absolute atomic E-state index is 0.423. The van der Waals surface area contributed by atoms with Crippen LogP contribution in [0, 0.1) is 5.95 Å². The van der Waals surface area contributed by atoms with Gasteiger partial charge in [-0.3, -0.25) is 4.40 Å². The SMILES string of the molecule is Fc1cnc2c(Br)cc(Cl)cn12. The number of hydrogen-bond donors (Lipinski definition) is 0. The summed E-state index contributed by atoms with van der Waals surface area (Å²) >= 11 is 8.93. The van der Waals surface area contributed by atoms with Gasteiger partial charge >= 0.3 is 0 Å². The first-order chi connectivity index (χ1) is 5.68. The Hall–Kier alpha value is -0.610. The number of aromatic nitrogens is 2. The topological polar surface area (TPSA) is 17.3 Å². The molecule has 5 heteroatoms. The number of halogens is 3. The fraction of sp³-hybridized carbons (Fsp3) is 0. The zero-order valence-electron chi connectivity index (χ0n) is 5.76. The third kappa shape index (κ3) is 1.11. The van der Waals surface area contributed by atoms with E-state index in [2.05, 4.69) is 20.9 Å². The van der Waals surface area contributed by atoms with E-state index in [-0.39, 0.29) is 0 Å². The van der Waals surface area contributed by atoms with E-state index < -0.39 is 5.95 Å². The monoisotopic (exact) mass is 248 g/mol. The summed E-state index contributed by atoms with van der Waals surface area (Å²) in [5, 5.41) is 0.464. The molecule has 0 N–H and O–H groups in total. The molecule has 0 aliphatic rings. The van der Waals surface area contributed by atoms with Gasteiger partial charge in [0, 0.05) is 6.20 Å². The Kier molecular flexibility index (Phi) is 1.81. The normalized spacial score (nSPS) is 10.9. The molecular formula is C7H3BrClFN2. The molecule has 0 amide bonds. The standard InChI is InChI=1S/C7H3BrClFN2/c8-5-1-4(9)3-12-6(10)2-11-7(5)12/h1-3H. The maximum absolute atomic E-state index is 12.9. The summed E-state index contributed by atoms with van der Waals surface area (Å²) in [5.41, 5.74) is 0.525. The number of imidazole rings is 1. The van der Waals surface area contributed by atoms with Crippen LogP contribution in [0.1, 0.15) is 0 Å². The highest BCUT2D eigenvalue weighted by Gasteiger charge is 2.05. The smallest absolute Gasteiger partial charge is 0.217 e. The van der Waals surface area contributed by atoms with Crippen molar-refractivity contribution in [2.75, 3.05) is 0 Å². The van der Waals surface area contributed by atoms with Gasteiger partial charge in [-0.2, -0.15) is 4.39 Å². The Balaban J connectivity index is 2.92. The van der Waals surface area contributed by atoms with Gasteiger partial charge in [-0.1, -0.05) is 11.6 Å². The second-order valence-corrected chi connectivity index (χ2v) is 3.57. The number of pyridine rings is 1. The molecule has 0 aliphatic heterocycles. The summed E-state index contributed by atoms with van der Waals surface area (Å²) in [4.78, 5) is 3.84. The first-order valence-corrected chi connectivity index (χ1v) is 4.33. The summed E-state index contributed by atoms with van der Waals surface area (Å²) in [6, 6.07) is 1.67. The molecule has 0 aliphatic carbocycles. The molecule has 0 fully saturated rings. The maximum Gasteiger partial charge on any atom is 0.217 e. The average Bonchev–Trinajstić information content (AvgIpc) is 2.33. The van der Waals surface area contributed by atoms with Crippen molar-refractivity contribution in [3.8, 4) is 0 Å². The molecule has 0 atom stereocenters. The Bertz CT molecular complexity index is 440. The Morgan fingerprint density at radius 1 is 1.58 bits per heavy atom. The molecule has 2 nitrogen and oxygen atoms in total. The molecule has 0 saturated heterocycles. The molecule has 0 radical (unpaired) electrons. The van der Waals surface area contributed by atoms with Crippen LogP contribution in [0.2, 0.25) is 5.02 Å². The van der Waals surface area contributed by atoms with Crippen molar-refractivity contribution < 1.29 is 4.39 Å². The van der Waals surface area contributed by atoms with E-state index in [9.17, 15) is 4.39 Å². The minimum Gasteiger partial charge on any atom is -0.274 e. The largest absolute Gasteiger partial charge is 0.274 e. The van der Waals surface area contributed by atoms with Gasteiger partial charge < -0.3 is 0 Å². The molecule has 0 unspecified atom stereocenters. The van der Waals surface area contributed by atoms with Gasteiger partial charge in [0.2, 0.25) is 5.95 Å². The lowest BCUT2D eigenvalue weighted by Gasteiger charge is -1.97. The first kappa shape index (κ1) is 8.01. The van der Waals surface area contributed by atoms with Gasteiger partial charge in [0.1, 0.15) is 0 Å². The third-order valence-corrected chi connectivity index (χ3v) is 2.27. The highest BCUT2D eigenvalue weighted by Crippen LogP contribution is 2.22. The van der Waals surface area contributed by atoms with Crippen molar-refractivity contribution in [3.63, 3.8) is 0 Å². The van der Waals surface area contributed by atoms with Crippen molar-refractivity contribution in [3.05, 3.63) is 33.9 Å². The summed E-state index contributed by atoms with van der Waals surface area (Å²) in [6.07, 6.45) is 2.63. The zero-order valence-corrected chi connectivity index (χ0v) is 8.10. The number of nitrogens with zero attached hydrogens (tertiary/aromatic N) is 2. The van der Waals surface area contributed by atoms with Gasteiger partial charge in [-0.15, -0.1) is 0 Å². The molecule has 62 valence electrons. The number of rotatable bonds is 0. The lowest BCUT2D eigenvalue weighted by Crippen LogP contribution is -1.88. The fourth-order valence-corrected chi connectivity index (χ4v) is 1.86. The van der Waals surface area contributed by atoms with E-state index in [1.807, 2.05) is 0 Å². The average molecular weight is 249 g/mol. The van der Waals surface area contributed by atoms with Crippen molar-refractivity contribution >= 4 is 33.2 Å². The van der Waals surface area contributed by atoms with Crippen molar-refractivity contribution in [2.24, 2.45) is 0 Å². The van der Waals surface area contributed by atoms with Gasteiger partial charge in [0.25, 0.3) is 0 Å². The quantitative estimate of drug-likeness (QED) is 0.702. The van der Waals surface area contributed by atoms with Gasteiger partial charge in [0.15, 0.2) is 5.65 Å². The van der Waals surface area contributed by atoms with Crippen molar-refractivity contribution in [1.29, 1.82) is 0 Å². The van der Waals surface area contributed by atoms with Crippen LogP contribution in [0.4, 0.5) is 4.39 Å². The van der Waals surface area contributed by atoms with Crippen LogP contribution in [0.25, 0.3) is 5.65 Å². The predicted molar refractivity (Wildman–Crippen MR) is 47.9 cm³/mol. The molecule has 0 aromatic carbocycles. The number of fused-ring (bicyclic) bond motifs is 1. The van der Waals surface area contributed by atoms with Gasteiger partial charge in [-0.25, -0.2) is 4.98 Å². The summed E-state index contributed by atoms with van der Waals surface area (Å²) in [7, 11) is 0. The highest BCUT2D eigenvalue weighted by molar-refractivity contribution is 9.10. The molecule has 0 saturated carbocycles. The molecule has 12 heavy (non-hydrogen) atoms. The van der Waals surface area contributed by atoms with E-state index in [1.165, 1.54) is 10.6 Å². The van der Waals surface area contributed by atoms with Crippen molar-refractivity contribution in [2.45, 2.75) is 0 Å². The van der Waals surface area contributed by atoms with Crippen LogP contribution >= 0.6 is 27.5 Å².